The van der Waals surface area contributed by atoms with E-state index in [1.54, 1.807) is 4.57 Å². The molecule has 30 heavy (non-hydrogen) atoms. The molecule has 0 fully saturated rings. The van der Waals surface area contributed by atoms with Crippen molar-refractivity contribution in [2.24, 2.45) is 0 Å². The number of hydrogen-bond acceptors (Lipinski definition) is 4. The van der Waals surface area contributed by atoms with Gasteiger partial charge in [0.05, 0.1) is 16.8 Å². The maximum Gasteiger partial charge on any atom is 0.343 e. The minimum atomic E-state index is -0.190. The summed E-state index contributed by atoms with van der Waals surface area (Å²) < 4.78 is 1.65. The molecular weight excluding hydrogens is 378 g/mol. The lowest BCUT2D eigenvalue weighted by Gasteiger charge is -2.17. The number of H-pyrrole nitrogens is 1. The van der Waals surface area contributed by atoms with Gasteiger partial charge in [-0.2, -0.15) is 5.10 Å². The highest BCUT2D eigenvalue weighted by Crippen LogP contribution is 2.25. The maximum absolute atomic E-state index is 13.3. The first-order valence-electron chi connectivity index (χ1n) is 10.1. The zero-order valence-corrected chi connectivity index (χ0v) is 16.3. The van der Waals surface area contributed by atoms with Crippen LogP contribution < -0.4 is 11.0 Å². The second-order valence-electron chi connectivity index (χ2n) is 7.53. The molecule has 7 nitrogen and oxygen atoms in total. The second-order valence-corrected chi connectivity index (χ2v) is 7.53. The molecular formula is C23H21N5O2. The van der Waals surface area contributed by atoms with Crippen LogP contribution in [0.1, 0.15) is 29.0 Å². The fourth-order valence-corrected chi connectivity index (χ4v) is 4.03. The predicted molar refractivity (Wildman–Crippen MR) is 114 cm³/mol. The summed E-state index contributed by atoms with van der Waals surface area (Å²) in [6.07, 6.45) is 2.08. The van der Waals surface area contributed by atoms with E-state index in [4.69, 9.17) is 4.98 Å². The predicted octanol–water partition coefficient (Wildman–Crippen LogP) is 2.92. The topological polar surface area (TPSA) is 92.7 Å². The average molecular weight is 399 g/mol. The number of amides is 1. The number of benzene rings is 2. The highest BCUT2D eigenvalue weighted by molar-refractivity contribution is 6.07. The molecule has 7 heteroatoms. The molecule has 150 valence electrons. The van der Waals surface area contributed by atoms with Crippen molar-refractivity contribution in [3.8, 4) is 11.3 Å². The van der Waals surface area contributed by atoms with Crippen LogP contribution in [0.15, 0.2) is 65.5 Å². The smallest absolute Gasteiger partial charge is 0.343 e. The second kappa shape index (κ2) is 7.59. The molecule has 2 aromatic carbocycles. The van der Waals surface area contributed by atoms with E-state index < -0.39 is 0 Å². The maximum atomic E-state index is 13.3. The molecule has 1 amide bonds. The molecule has 4 aromatic rings. The first-order valence-corrected chi connectivity index (χ1v) is 10.1. The van der Waals surface area contributed by atoms with Gasteiger partial charge in [0.15, 0.2) is 0 Å². The van der Waals surface area contributed by atoms with Gasteiger partial charge in [-0.25, -0.2) is 14.9 Å². The highest BCUT2D eigenvalue weighted by atomic mass is 16.2. The van der Waals surface area contributed by atoms with E-state index in [2.05, 4.69) is 15.5 Å². The molecule has 0 saturated carbocycles. The minimum Gasteiger partial charge on any atom is -0.349 e. The highest BCUT2D eigenvalue weighted by Gasteiger charge is 2.22. The summed E-state index contributed by atoms with van der Waals surface area (Å²) in [6, 6.07) is 19.4. The number of nitrogens with one attached hydrogen (secondary N) is 2. The molecule has 3 heterocycles. The Balaban J connectivity index is 1.45. The minimum absolute atomic E-state index is 0.0225. The van der Waals surface area contributed by atoms with E-state index in [0.717, 1.165) is 34.4 Å². The molecule has 2 N–H and O–H groups in total. The van der Waals surface area contributed by atoms with Gasteiger partial charge in [-0.3, -0.25) is 9.36 Å². The van der Waals surface area contributed by atoms with E-state index in [0.29, 0.717) is 24.9 Å². The Morgan fingerprint density at radius 1 is 1.07 bits per heavy atom. The van der Waals surface area contributed by atoms with E-state index in [-0.39, 0.29) is 17.6 Å². The Bertz CT molecular complexity index is 1280. The molecule has 1 aliphatic rings. The van der Waals surface area contributed by atoms with Gasteiger partial charge >= 0.3 is 5.69 Å². The van der Waals surface area contributed by atoms with Crippen molar-refractivity contribution >= 4 is 16.8 Å². The molecule has 0 bridgehead atoms. The molecule has 0 saturated heterocycles. The van der Waals surface area contributed by atoms with Gasteiger partial charge in [-0.05, 0) is 25.0 Å². The third-order valence-electron chi connectivity index (χ3n) is 5.62. The number of carbonyl (C=O) groups is 1. The molecule has 1 aliphatic heterocycles. The van der Waals surface area contributed by atoms with Crippen LogP contribution in [0.2, 0.25) is 0 Å². The van der Waals surface area contributed by atoms with Crippen molar-refractivity contribution in [3.63, 3.8) is 0 Å². The van der Waals surface area contributed by atoms with Gasteiger partial charge in [0.25, 0.3) is 5.91 Å². The van der Waals surface area contributed by atoms with Gasteiger partial charge in [-0.15, -0.1) is 0 Å². The molecule has 1 unspecified atom stereocenters. The molecule has 0 radical (unpaired) electrons. The largest absolute Gasteiger partial charge is 0.349 e. The monoisotopic (exact) mass is 399 g/mol. The van der Waals surface area contributed by atoms with Gasteiger partial charge in [0.1, 0.15) is 5.82 Å². The number of aromatic nitrogens is 4. The number of nitrogens with zero attached hydrogens (tertiary/aromatic N) is 3. The number of rotatable bonds is 3. The summed E-state index contributed by atoms with van der Waals surface area (Å²) in [7, 11) is 0. The summed E-state index contributed by atoms with van der Waals surface area (Å²) in [5.74, 6) is 0.627. The lowest BCUT2D eigenvalue weighted by atomic mass is 10.0. The Hall–Kier alpha value is -3.74. The molecule has 0 spiro atoms. The summed E-state index contributed by atoms with van der Waals surface area (Å²) in [6.45, 7) is 0.544. The van der Waals surface area contributed by atoms with E-state index in [1.165, 1.54) is 0 Å². The molecule has 2 aromatic heterocycles. The lowest BCUT2D eigenvalue weighted by Crippen LogP contribution is -2.35. The van der Waals surface area contributed by atoms with Crippen LogP contribution in [-0.2, 0) is 13.0 Å². The number of aromatic amines is 1. The SMILES string of the molecule is O=C(NC1CCc2n[nH]c(=O)n2CC1)c1cc(-c2ccccc2)nc2ccccc12. The average Bonchev–Trinajstić information content (AvgIpc) is 3.01. The zero-order valence-electron chi connectivity index (χ0n) is 16.3. The molecule has 1 atom stereocenters. The van der Waals surface area contributed by atoms with Gasteiger partial charge in [0.2, 0.25) is 0 Å². The van der Waals surface area contributed by atoms with Crippen LogP contribution in [0.4, 0.5) is 0 Å². The fourth-order valence-electron chi connectivity index (χ4n) is 4.03. The van der Waals surface area contributed by atoms with E-state index in [1.807, 2.05) is 60.7 Å². The molecule has 0 aliphatic carbocycles. The van der Waals surface area contributed by atoms with Crippen LogP contribution in [0.3, 0.4) is 0 Å². The van der Waals surface area contributed by atoms with Crippen molar-refractivity contribution in [1.29, 1.82) is 0 Å². The summed E-state index contributed by atoms with van der Waals surface area (Å²) in [5, 5.41) is 10.6. The Morgan fingerprint density at radius 3 is 2.73 bits per heavy atom. The summed E-state index contributed by atoms with van der Waals surface area (Å²) in [4.78, 5) is 29.9. The van der Waals surface area contributed by atoms with Crippen molar-refractivity contribution in [3.05, 3.63) is 82.5 Å². The van der Waals surface area contributed by atoms with Crippen LogP contribution in [0.5, 0.6) is 0 Å². The number of pyridine rings is 1. The molecule has 5 rings (SSSR count). The van der Waals surface area contributed by atoms with Crippen LogP contribution >= 0.6 is 0 Å². The van der Waals surface area contributed by atoms with Crippen LogP contribution in [-0.4, -0.2) is 31.7 Å². The lowest BCUT2D eigenvalue weighted by molar-refractivity contribution is 0.0934. The summed E-state index contributed by atoms with van der Waals surface area (Å²) >= 11 is 0. The number of hydrogen-bond donors (Lipinski definition) is 2. The fraction of sp³-hybridized carbons (Fsp3) is 0.217. The van der Waals surface area contributed by atoms with Crippen molar-refractivity contribution in [2.45, 2.75) is 31.8 Å². The van der Waals surface area contributed by atoms with Crippen molar-refractivity contribution < 1.29 is 4.79 Å². The number of fused-ring (bicyclic) bond motifs is 2. The number of para-hydroxylation sites is 1. The standard InChI is InChI=1S/C23H21N5O2/c29-22(24-16-10-11-21-26-27-23(30)28(21)13-12-16)18-14-20(15-6-2-1-3-7-15)25-19-9-5-4-8-17(18)19/h1-9,14,16H,10-13H2,(H,24,29)(H,27,30). The third kappa shape index (κ3) is 3.39. The quantitative estimate of drug-likeness (QED) is 0.554. The van der Waals surface area contributed by atoms with Gasteiger partial charge in [0, 0.05) is 30.0 Å². The number of carbonyl (C=O) groups excluding carboxylic acids is 1. The normalized spacial score (nSPS) is 16.1. The Morgan fingerprint density at radius 2 is 1.87 bits per heavy atom. The van der Waals surface area contributed by atoms with E-state index in [9.17, 15) is 9.59 Å². The third-order valence-corrected chi connectivity index (χ3v) is 5.62. The van der Waals surface area contributed by atoms with Crippen molar-refractivity contribution in [2.75, 3.05) is 0 Å². The van der Waals surface area contributed by atoms with Gasteiger partial charge < -0.3 is 5.32 Å². The van der Waals surface area contributed by atoms with Crippen LogP contribution in [0.25, 0.3) is 22.2 Å². The zero-order chi connectivity index (χ0) is 20.5. The summed E-state index contributed by atoms with van der Waals surface area (Å²) in [5.41, 5.74) is 2.95. The Labute approximate surface area is 172 Å². The Kier molecular flexibility index (Phi) is 4.63. The number of aryl methyl sites for hydroxylation is 1. The van der Waals surface area contributed by atoms with Crippen LogP contribution in [0, 0.1) is 0 Å². The first kappa shape index (κ1) is 18.3. The van der Waals surface area contributed by atoms with E-state index >= 15 is 0 Å². The first-order chi connectivity index (χ1) is 14.7. The van der Waals surface area contributed by atoms with Gasteiger partial charge in [-0.1, -0.05) is 48.5 Å². The van der Waals surface area contributed by atoms with Crippen molar-refractivity contribution in [1.82, 2.24) is 25.1 Å².